The number of benzene rings is 2. The van der Waals surface area contributed by atoms with Crippen molar-refractivity contribution in [1.82, 2.24) is 10.2 Å². The summed E-state index contributed by atoms with van der Waals surface area (Å²) in [5.74, 6) is -1.73. The Bertz CT molecular complexity index is 774. The van der Waals surface area contributed by atoms with Crippen LogP contribution in [-0.4, -0.2) is 43.0 Å². The van der Waals surface area contributed by atoms with Crippen molar-refractivity contribution < 1.29 is 18.7 Å². The standard InChI is InChI=1S/C19H18ClFN2O3/c20-14-7-4-8-15(21)16(14)18(24)22-17(13-5-2-1-3-6-13)19(25)23-9-11-26-12-10-23/h1-8,17H,9-12H2,(H,22,24)/t17-/m0/s1. The minimum absolute atomic E-state index is 0.00636. The van der Waals surface area contributed by atoms with E-state index in [1.165, 1.54) is 12.1 Å². The smallest absolute Gasteiger partial charge is 0.256 e. The lowest BCUT2D eigenvalue weighted by Crippen LogP contribution is -2.47. The summed E-state index contributed by atoms with van der Waals surface area (Å²) in [5.41, 5.74) is 0.342. The van der Waals surface area contributed by atoms with Crippen LogP contribution in [0.25, 0.3) is 0 Å². The Morgan fingerprint density at radius 2 is 1.77 bits per heavy atom. The molecule has 0 aliphatic carbocycles. The molecule has 2 amide bonds. The van der Waals surface area contributed by atoms with E-state index >= 15 is 0 Å². The second-order valence-electron chi connectivity index (χ2n) is 5.85. The van der Waals surface area contributed by atoms with Crippen molar-refractivity contribution in [3.8, 4) is 0 Å². The van der Waals surface area contributed by atoms with Gasteiger partial charge in [0.1, 0.15) is 11.9 Å². The lowest BCUT2D eigenvalue weighted by atomic mass is 10.0. The van der Waals surface area contributed by atoms with Crippen molar-refractivity contribution in [2.45, 2.75) is 6.04 Å². The zero-order valence-corrected chi connectivity index (χ0v) is 14.7. The Balaban J connectivity index is 1.88. The summed E-state index contributed by atoms with van der Waals surface area (Å²) >= 11 is 5.97. The molecule has 1 aliphatic heterocycles. The van der Waals surface area contributed by atoms with Crippen LogP contribution in [0.5, 0.6) is 0 Å². The Morgan fingerprint density at radius 1 is 1.08 bits per heavy atom. The normalized spacial score (nSPS) is 15.4. The zero-order valence-electron chi connectivity index (χ0n) is 14.0. The highest BCUT2D eigenvalue weighted by atomic mass is 35.5. The number of halogens is 2. The third kappa shape index (κ3) is 4.03. The van der Waals surface area contributed by atoms with E-state index in [1.54, 1.807) is 29.2 Å². The van der Waals surface area contributed by atoms with Crippen LogP contribution in [0.2, 0.25) is 5.02 Å². The number of rotatable bonds is 4. The number of ether oxygens (including phenoxy) is 1. The van der Waals surface area contributed by atoms with Crippen LogP contribution in [0.4, 0.5) is 4.39 Å². The second kappa shape index (κ2) is 8.29. The van der Waals surface area contributed by atoms with Crippen LogP contribution < -0.4 is 5.32 Å². The van der Waals surface area contributed by atoms with Gasteiger partial charge < -0.3 is 15.0 Å². The number of hydrogen-bond donors (Lipinski definition) is 1. The van der Waals surface area contributed by atoms with Gasteiger partial charge in [0, 0.05) is 13.1 Å². The molecule has 1 atom stereocenters. The molecule has 0 saturated carbocycles. The van der Waals surface area contributed by atoms with Gasteiger partial charge in [-0.3, -0.25) is 9.59 Å². The first-order valence-electron chi connectivity index (χ1n) is 8.24. The molecular formula is C19H18ClFN2O3. The van der Waals surface area contributed by atoms with Crippen molar-refractivity contribution >= 4 is 23.4 Å². The van der Waals surface area contributed by atoms with Gasteiger partial charge in [-0.15, -0.1) is 0 Å². The number of carbonyl (C=O) groups excluding carboxylic acids is 2. The van der Waals surface area contributed by atoms with Gasteiger partial charge in [0.15, 0.2) is 0 Å². The molecule has 0 aromatic heterocycles. The molecule has 2 aromatic rings. The predicted molar refractivity (Wildman–Crippen MR) is 95.5 cm³/mol. The maximum Gasteiger partial charge on any atom is 0.256 e. The lowest BCUT2D eigenvalue weighted by molar-refractivity contribution is -0.137. The van der Waals surface area contributed by atoms with E-state index in [4.69, 9.17) is 16.3 Å². The van der Waals surface area contributed by atoms with Crippen LogP contribution in [0.3, 0.4) is 0 Å². The number of nitrogens with zero attached hydrogens (tertiary/aromatic N) is 1. The molecule has 2 aromatic carbocycles. The van der Waals surface area contributed by atoms with Crippen LogP contribution in [0, 0.1) is 5.82 Å². The molecule has 7 heteroatoms. The fraction of sp³-hybridized carbons (Fsp3) is 0.263. The van der Waals surface area contributed by atoms with Gasteiger partial charge >= 0.3 is 0 Å². The average Bonchev–Trinajstić information content (AvgIpc) is 2.67. The summed E-state index contributed by atoms with van der Waals surface area (Å²) in [6, 6.07) is 11.9. The monoisotopic (exact) mass is 376 g/mol. The maximum absolute atomic E-state index is 14.1. The third-order valence-corrected chi connectivity index (χ3v) is 4.48. The highest BCUT2D eigenvalue weighted by Crippen LogP contribution is 2.22. The highest BCUT2D eigenvalue weighted by molar-refractivity contribution is 6.33. The van der Waals surface area contributed by atoms with Crippen molar-refractivity contribution in [3.63, 3.8) is 0 Å². The average molecular weight is 377 g/mol. The topological polar surface area (TPSA) is 58.6 Å². The molecule has 1 aliphatic rings. The molecule has 5 nitrogen and oxygen atoms in total. The van der Waals surface area contributed by atoms with Crippen molar-refractivity contribution in [2.75, 3.05) is 26.3 Å². The SMILES string of the molecule is O=C(N[C@H](C(=O)N1CCOCC1)c1ccccc1)c1c(F)cccc1Cl. The number of morpholine rings is 1. The molecule has 26 heavy (non-hydrogen) atoms. The molecule has 1 N–H and O–H groups in total. The fourth-order valence-electron chi connectivity index (χ4n) is 2.82. The molecule has 0 unspecified atom stereocenters. The number of nitrogens with one attached hydrogen (secondary N) is 1. The molecule has 3 rings (SSSR count). The Hall–Kier alpha value is -2.44. The fourth-order valence-corrected chi connectivity index (χ4v) is 3.07. The summed E-state index contributed by atoms with van der Waals surface area (Å²) in [7, 11) is 0. The van der Waals surface area contributed by atoms with Crippen LogP contribution in [0.15, 0.2) is 48.5 Å². The lowest BCUT2D eigenvalue weighted by Gasteiger charge is -2.31. The largest absolute Gasteiger partial charge is 0.378 e. The Morgan fingerprint density at radius 3 is 2.42 bits per heavy atom. The summed E-state index contributed by atoms with van der Waals surface area (Å²) in [5, 5.41) is 2.63. The molecule has 136 valence electrons. The van der Waals surface area contributed by atoms with Gasteiger partial charge in [0.25, 0.3) is 5.91 Å². The quantitative estimate of drug-likeness (QED) is 0.892. The van der Waals surface area contributed by atoms with Gasteiger partial charge in [0.05, 0.1) is 23.8 Å². The molecule has 1 saturated heterocycles. The summed E-state index contributed by atoms with van der Waals surface area (Å²) in [4.78, 5) is 27.2. The van der Waals surface area contributed by atoms with Gasteiger partial charge in [0.2, 0.25) is 5.91 Å². The third-order valence-electron chi connectivity index (χ3n) is 4.17. The van der Waals surface area contributed by atoms with Crippen molar-refractivity contribution in [3.05, 3.63) is 70.5 Å². The first kappa shape index (κ1) is 18.4. The van der Waals surface area contributed by atoms with E-state index < -0.39 is 17.8 Å². The number of carbonyl (C=O) groups is 2. The van der Waals surface area contributed by atoms with Gasteiger partial charge in [-0.1, -0.05) is 48.0 Å². The second-order valence-corrected chi connectivity index (χ2v) is 6.26. The summed E-state index contributed by atoms with van der Waals surface area (Å²) in [6.45, 7) is 1.78. The maximum atomic E-state index is 14.1. The zero-order chi connectivity index (χ0) is 18.5. The number of hydrogen-bond acceptors (Lipinski definition) is 3. The summed E-state index contributed by atoms with van der Waals surface area (Å²) in [6.07, 6.45) is 0. The van der Waals surface area contributed by atoms with E-state index in [0.717, 1.165) is 6.07 Å². The minimum atomic E-state index is -0.933. The molecule has 1 fully saturated rings. The first-order chi connectivity index (χ1) is 12.6. The van der Waals surface area contributed by atoms with Gasteiger partial charge in [-0.25, -0.2) is 4.39 Å². The van der Waals surface area contributed by atoms with Crippen LogP contribution in [0.1, 0.15) is 22.0 Å². The molecule has 0 spiro atoms. The van der Waals surface area contributed by atoms with Crippen LogP contribution in [-0.2, 0) is 9.53 Å². The molecular weight excluding hydrogens is 359 g/mol. The molecule has 0 bridgehead atoms. The van der Waals surface area contributed by atoms with Crippen LogP contribution >= 0.6 is 11.6 Å². The first-order valence-corrected chi connectivity index (χ1v) is 8.62. The highest BCUT2D eigenvalue weighted by Gasteiger charge is 2.30. The number of amides is 2. The van der Waals surface area contributed by atoms with E-state index in [-0.39, 0.29) is 16.5 Å². The van der Waals surface area contributed by atoms with E-state index in [0.29, 0.717) is 31.9 Å². The van der Waals surface area contributed by atoms with E-state index in [1.807, 2.05) is 6.07 Å². The molecule has 0 radical (unpaired) electrons. The van der Waals surface area contributed by atoms with Crippen molar-refractivity contribution in [2.24, 2.45) is 0 Å². The predicted octanol–water partition coefficient (Wildman–Crippen LogP) is 2.81. The Labute approximate surface area is 155 Å². The van der Waals surface area contributed by atoms with Gasteiger partial charge in [-0.2, -0.15) is 0 Å². The van der Waals surface area contributed by atoms with Crippen molar-refractivity contribution in [1.29, 1.82) is 0 Å². The minimum Gasteiger partial charge on any atom is -0.378 e. The van der Waals surface area contributed by atoms with E-state index in [9.17, 15) is 14.0 Å². The van der Waals surface area contributed by atoms with E-state index in [2.05, 4.69) is 5.32 Å². The van der Waals surface area contributed by atoms with Gasteiger partial charge in [-0.05, 0) is 17.7 Å². The molecule has 1 heterocycles. The Kier molecular flexibility index (Phi) is 5.85. The summed E-state index contributed by atoms with van der Waals surface area (Å²) < 4.78 is 19.3.